The van der Waals surface area contributed by atoms with Crippen LogP contribution in [0.25, 0.3) is 0 Å². The molecule has 0 spiro atoms. The Balaban J connectivity index is 2.36. The monoisotopic (exact) mass is 433 g/mol. The molecule has 0 aromatic heterocycles. The van der Waals surface area contributed by atoms with Gasteiger partial charge in [0.05, 0.1) is 4.92 Å². The van der Waals surface area contributed by atoms with Crippen molar-refractivity contribution in [1.82, 2.24) is 0 Å². The fourth-order valence-corrected chi connectivity index (χ4v) is 2.40. The molecule has 2 aromatic carbocycles. The van der Waals surface area contributed by atoms with Crippen LogP contribution in [-0.2, 0) is 5.33 Å². The van der Waals surface area contributed by atoms with Gasteiger partial charge in [0.1, 0.15) is 5.75 Å². The van der Waals surface area contributed by atoms with E-state index in [0.717, 1.165) is 9.13 Å². The maximum atomic E-state index is 11.1. The van der Waals surface area contributed by atoms with Crippen LogP contribution in [0.3, 0.4) is 0 Å². The molecule has 0 N–H and O–H groups in total. The zero-order valence-electron chi connectivity index (χ0n) is 9.68. The van der Waals surface area contributed by atoms with Crippen molar-refractivity contribution < 1.29 is 9.66 Å². The summed E-state index contributed by atoms with van der Waals surface area (Å²) in [5.74, 6) is 0.832. The summed E-state index contributed by atoms with van der Waals surface area (Å²) in [6.07, 6.45) is 0. The van der Waals surface area contributed by atoms with Crippen LogP contribution in [-0.4, -0.2) is 4.92 Å². The highest BCUT2D eigenvalue weighted by Gasteiger charge is 2.16. The number of hydrogen-bond donors (Lipinski definition) is 0. The molecule has 0 amide bonds. The van der Waals surface area contributed by atoms with Gasteiger partial charge in [-0.2, -0.15) is 0 Å². The summed E-state index contributed by atoms with van der Waals surface area (Å²) in [6, 6.07) is 12.3. The molecule has 0 heterocycles. The molecule has 0 aliphatic rings. The Hall–Kier alpha value is -1.15. The maximum absolute atomic E-state index is 11.1. The third-order valence-electron chi connectivity index (χ3n) is 2.40. The molecular weight excluding hydrogens is 425 g/mol. The second-order valence-electron chi connectivity index (χ2n) is 3.75. The zero-order chi connectivity index (χ0) is 13.8. The highest BCUT2D eigenvalue weighted by molar-refractivity contribution is 14.1. The van der Waals surface area contributed by atoms with Crippen molar-refractivity contribution in [2.24, 2.45) is 0 Å². The van der Waals surface area contributed by atoms with Crippen molar-refractivity contribution in [2.75, 3.05) is 0 Å². The van der Waals surface area contributed by atoms with Gasteiger partial charge < -0.3 is 4.74 Å². The van der Waals surface area contributed by atoms with Crippen LogP contribution in [0.1, 0.15) is 5.56 Å². The summed E-state index contributed by atoms with van der Waals surface area (Å²) in [5.41, 5.74) is 0.803. The Morgan fingerprint density at radius 3 is 2.68 bits per heavy atom. The first kappa shape index (κ1) is 14.3. The molecule has 6 heteroatoms. The summed E-state index contributed by atoms with van der Waals surface area (Å²) >= 11 is 5.44. The minimum atomic E-state index is -0.435. The molecule has 0 unspecified atom stereocenters. The molecule has 98 valence electrons. The molecule has 0 bridgehead atoms. The average Bonchev–Trinajstić information content (AvgIpc) is 2.39. The normalized spacial score (nSPS) is 10.2. The number of alkyl halides is 1. The molecular formula is C13H9BrINO3. The Morgan fingerprint density at radius 1 is 1.26 bits per heavy atom. The first-order chi connectivity index (χ1) is 9.10. The van der Waals surface area contributed by atoms with Crippen molar-refractivity contribution in [1.29, 1.82) is 0 Å². The van der Waals surface area contributed by atoms with Crippen molar-refractivity contribution in [2.45, 2.75) is 5.33 Å². The van der Waals surface area contributed by atoms with Gasteiger partial charge in [-0.05, 0) is 52.4 Å². The summed E-state index contributed by atoms with van der Waals surface area (Å²) in [5, 5.41) is 11.6. The zero-order valence-corrected chi connectivity index (χ0v) is 13.4. The van der Waals surface area contributed by atoms with Crippen LogP contribution in [0.4, 0.5) is 5.69 Å². The molecule has 2 aromatic rings. The largest absolute Gasteiger partial charge is 0.450 e. The molecule has 0 saturated heterocycles. The number of nitrogens with zero attached hydrogens (tertiary/aromatic N) is 1. The Morgan fingerprint density at radius 2 is 2.05 bits per heavy atom. The molecule has 0 aliphatic carbocycles. The third-order valence-corrected chi connectivity index (χ3v) is 3.72. The van der Waals surface area contributed by atoms with E-state index in [-0.39, 0.29) is 11.4 Å². The number of ether oxygens (including phenoxy) is 1. The van der Waals surface area contributed by atoms with E-state index in [1.165, 1.54) is 6.07 Å². The number of nitro benzene ring substituents is 1. The summed E-state index contributed by atoms with van der Waals surface area (Å²) in [4.78, 5) is 10.6. The molecule has 19 heavy (non-hydrogen) atoms. The van der Waals surface area contributed by atoms with Crippen LogP contribution in [0.2, 0.25) is 0 Å². The fraction of sp³-hybridized carbons (Fsp3) is 0.0769. The summed E-state index contributed by atoms with van der Waals surface area (Å²) in [6.45, 7) is 0. The lowest BCUT2D eigenvalue weighted by molar-refractivity contribution is -0.385. The number of nitro groups is 1. The van der Waals surface area contributed by atoms with Crippen molar-refractivity contribution in [3.8, 4) is 11.5 Å². The molecule has 4 nitrogen and oxygen atoms in total. The Labute approximate surface area is 132 Å². The van der Waals surface area contributed by atoms with Gasteiger partial charge in [0.25, 0.3) is 0 Å². The van der Waals surface area contributed by atoms with Gasteiger partial charge in [-0.3, -0.25) is 10.1 Å². The van der Waals surface area contributed by atoms with Gasteiger partial charge in [-0.1, -0.05) is 28.1 Å². The lowest BCUT2D eigenvalue weighted by Crippen LogP contribution is -1.95. The predicted molar refractivity (Wildman–Crippen MR) is 85.0 cm³/mol. The van der Waals surface area contributed by atoms with E-state index in [0.29, 0.717) is 11.1 Å². The van der Waals surface area contributed by atoms with E-state index in [1.807, 2.05) is 18.2 Å². The highest BCUT2D eigenvalue weighted by Crippen LogP contribution is 2.33. The van der Waals surface area contributed by atoms with Crippen molar-refractivity contribution in [3.63, 3.8) is 0 Å². The lowest BCUT2D eigenvalue weighted by Gasteiger charge is -2.07. The fourth-order valence-electron chi connectivity index (χ4n) is 1.53. The molecule has 0 fully saturated rings. The molecule has 0 radical (unpaired) electrons. The maximum Gasteiger partial charge on any atom is 0.311 e. The summed E-state index contributed by atoms with van der Waals surface area (Å²) < 4.78 is 6.60. The minimum Gasteiger partial charge on any atom is -0.450 e. The first-order valence-corrected chi connectivity index (χ1v) is 7.57. The van der Waals surface area contributed by atoms with Crippen molar-refractivity contribution in [3.05, 3.63) is 61.7 Å². The number of rotatable bonds is 4. The topological polar surface area (TPSA) is 52.4 Å². The SMILES string of the molecule is O=[N+]([O-])c1cc(CBr)ccc1Oc1cccc(I)c1. The highest BCUT2D eigenvalue weighted by atomic mass is 127. The molecule has 0 aliphatic heterocycles. The van der Waals surface area contributed by atoms with Gasteiger partial charge in [-0.15, -0.1) is 0 Å². The number of halogens is 2. The second-order valence-corrected chi connectivity index (χ2v) is 5.56. The van der Waals surface area contributed by atoms with E-state index >= 15 is 0 Å². The van der Waals surface area contributed by atoms with Gasteiger partial charge in [0.15, 0.2) is 0 Å². The summed E-state index contributed by atoms with van der Waals surface area (Å²) in [7, 11) is 0. The van der Waals surface area contributed by atoms with E-state index in [9.17, 15) is 10.1 Å². The minimum absolute atomic E-state index is 0.0317. The molecule has 0 atom stereocenters. The van der Waals surface area contributed by atoms with Crippen LogP contribution in [0.15, 0.2) is 42.5 Å². The van der Waals surface area contributed by atoms with Gasteiger partial charge in [0, 0.05) is 15.0 Å². The van der Waals surface area contributed by atoms with Crippen molar-refractivity contribution >= 4 is 44.2 Å². The van der Waals surface area contributed by atoms with E-state index < -0.39 is 4.92 Å². The smallest absolute Gasteiger partial charge is 0.311 e. The van der Waals surface area contributed by atoms with Gasteiger partial charge >= 0.3 is 5.69 Å². The van der Waals surface area contributed by atoms with Crippen LogP contribution in [0.5, 0.6) is 11.5 Å². The predicted octanol–water partition coefficient (Wildman–Crippen LogP) is 4.89. The number of benzene rings is 2. The van der Waals surface area contributed by atoms with E-state index in [4.69, 9.17) is 4.74 Å². The average molecular weight is 434 g/mol. The van der Waals surface area contributed by atoms with Crippen LogP contribution < -0.4 is 4.74 Å². The number of hydrogen-bond acceptors (Lipinski definition) is 3. The quantitative estimate of drug-likeness (QED) is 0.298. The Kier molecular flexibility index (Phi) is 4.76. The van der Waals surface area contributed by atoms with E-state index in [1.54, 1.807) is 18.2 Å². The Bertz CT molecular complexity index is 619. The van der Waals surface area contributed by atoms with Gasteiger partial charge in [-0.25, -0.2) is 0 Å². The molecule has 2 rings (SSSR count). The van der Waals surface area contributed by atoms with Crippen LogP contribution >= 0.6 is 38.5 Å². The van der Waals surface area contributed by atoms with Gasteiger partial charge in [0.2, 0.25) is 5.75 Å². The third kappa shape index (κ3) is 3.66. The second kappa shape index (κ2) is 6.33. The lowest BCUT2D eigenvalue weighted by atomic mass is 10.2. The first-order valence-electron chi connectivity index (χ1n) is 5.37. The van der Waals surface area contributed by atoms with Crippen LogP contribution in [0, 0.1) is 13.7 Å². The molecule has 0 saturated carbocycles. The van der Waals surface area contributed by atoms with E-state index in [2.05, 4.69) is 38.5 Å². The standard InChI is InChI=1S/C13H9BrINO3/c14-8-9-4-5-13(12(6-9)16(17)18)19-11-3-1-2-10(15)7-11/h1-7H,8H2.